The highest BCUT2D eigenvalue weighted by molar-refractivity contribution is 4.76. The van der Waals surface area contributed by atoms with Gasteiger partial charge in [0.05, 0.1) is 6.10 Å². The zero-order valence-corrected chi connectivity index (χ0v) is 9.72. The molecule has 2 nitrogen and oxygen atoms in total. The zero-order chi connectivity index (χ0) is 10.2. The summed E-state index contributed by atoms with van der Waals surface area (Å²) >= 11 is 0. The SMILES string of the molecule is CCCNCC1CCCOC1CCC. The first kappa shape index (κ1) is 12.0. The van der Waals surface area contributed by atoms with Crippen LogP contribution in [0, 0.1) is 5.92 Å². The second-order valence-electron chi connectivity index (χ2n) is 4.30. The topological polar surface area (TPSA) is 21.3 Å². The van der Waals surface area contributed by atoms with Crippen LogP contribution in [-0.4, -0.2) is 25.8 Å². The van der Waals surface area contributed by atoms with E-state index in [2.05, 4.69) is 19.2 Å². The molecule has 0 aromatic rings. The van der Waals surface area contributed by atoms with Gasteiger partial charge in [0.2, 0.25) is 0 Å². The first-order chi connectivity index (χ1) is 6.88. The van der Waals surface area contributed by atoms with Crippen LogP contribution >= 0.6 is 0 Å². The van der Waals surface area contributed by atoms with Crippen molar-refractivity contribution in [3.05, 3.63) is 0 Å². The van der Waals surface area contributed by atoms with Crippen molar-refractivity contribution in [3.8, 4) is 0 Å². The maximum atomic E-state index is 5.82. The third kappa shape index (κ3) is 3.97. The van der Waals surface area contributed by atoms with Gasteiger partial charge in [0.1, 0.15) is 0 Å². The molecule has 84 valence electrons. The summed E-state index contributed by atoms with van der Waals surface area (Å²) < 4.78 is 5.82. The largest absolute Gasteiger partial charge is 0.378 e. The Hall–Kier alpha value is -0.0800. The predicted molar refractivity (Wildman–Crippen MR) is 60.5 cm³/mol. The number of rotatable bonds is 6. The van der Waals surface area contributed by atoms with Gasteiger partial charge in [0, 0.05) is 13.2 Å². The van der Waals surface area contributed by atoms with Crippen LogP contribution < -0.4 is 5.32 Å². The van der Waals surface area contributed by atoms with Gasteiger partial charge in [-0.05, 0) is 38.1 Å². The lowest BCUT2D eigenvalue weighted by molar-refractivity contribution is -0.0303. The van der Waals surface area contributed by atoms with E-state index in [-0.39, 0.29) is 0 Å². The normalized spacial score (nSPS) is 27.9. The third-order valence-corrected chi connectivity index (χ3v) is 2.98. The molecule has 0 radical (unpaired) electrons. The van der Waals surface area contributed by atoms with E-state index in [0.29, 0.717) is 6.10 Å². The van der Waals surface area contributed by atoms with Crippen LogP contribution in [0.25, 0.3) is 0 Å². The molecule has 0 spiro atoms. The summed E-state index contributed by atoms with van der Waals surface area (Å²) in [5.41, 5.74) is 0. The summed E-state index contributed by atoms with van der Waals surface area (Å²) in [6.45, 7) is 7.74. The molecule has 2 heteroatoms. The fraction of sp³-hybridized carbons (Fsp3) is 1.00. The van der Waals surface area contributed by atoms with Gasteiger partial charge in [-0.3, -0.25) is 0 Å². The Morgan fingerprint density at radius 1 is 1.29 bits per heavy atom. The van der Waals surface area contributed by atoms with Crippen molar-refractivity contribution in [1.82, 2.24) is 5.32 Å². The summed E-state index contributed by atoms with van der Waals surface area (Å²) in [6, 6.07) is 0. The molecule has 2 unspecified atom stereocenters. The number of hydrogen-bond donors (Lipinski definition) is 1. The minimum atomic E-state index is 0.526. The van der Waals surface area contributed by atoms with E-state index in [0.717, 1.165) is 25.6 Å². The molecule has 1 aliphatic rings. The first-order valence-corrected chi connectivity index (χ1v) is 6.20. The van der Waals surface area contributed by atoms with Gasteiger partial charge in [-0.15, -0.1) is 0 Å². The molecule has 1 aliphatic heterocycles. The Morgan fingerprint density at radius 3 is 2.86 bits per heavy atom. The van der Waals surface area contributed by atoms with Crippen molar-refractivity contribution >= 4 is 0 Å². The highest BCUT2D eigenvalue weighted by Crippen LogP contribution is 2.23. The van der Waals surface area contributed by atoms with Crippen LogP contribution in [0.4, 0.5) is 0 Å². The molecule has 0 aromatic heterocycles. The second-order valence-corrected chi connectivity index (χ2v) is 4.30. The maximum absolute atomic E-state index is 5.82. The Morgan fingerprint density at radius 2 is 2.14 bits per heavy atom. The molecule has 0 aromatic carbocycles. The van der Waals surface area contributed by atoms with Gasteiger partial charge < -0.3 is 10.1 Å². The summed E-state index contributed by atoms with van der Waals surface area (Å²) in [6.07, 6.45) is 6.83. The minimum absolute atomic E-state index is 0.526. The molecule has 14 heavy (non-hydrogen) atoms. The van der Waals surface area contributed by atoms with E-state index in [4.69, 9.17) is 4.74 Å². The van der Waals surface area contributed by atoms with Crippen molar-refractivity contribution in [2.75, 3.05) is 19.7 Å². The molecule has 2 atom stereocenters. The van der Waals surface area contributed by atoms with Gasteiger partial charge in [-0.2, -0.15) is 0 Å². The predicted octanol–water partition coefficient (Wildman–Crippen LogP) is 2.58. The summed E-state index contributed by atoms with van der Waals surface area (Å²) in [5.74, 6) is 0.759. The Kier molecular flexibility index (Phi) is 6.20. The standard InChI is InChI=1S/C12H25NO/c1-3-6-12-11(7-5-9-14-12)10-13-8-4-2/h11-13H,3-10H2,1-2H3. The molecule has 0 amide bonds. The summed E-state index contributed by atoms with van der Waals surface area (Å²) in [5, 5.41) is 3.51. The van der Waals surface area contributed by atoms with Gasteiger partial charge in [0.15, 0.2) is 0 Å². The van der Waals surface area contributed by atoms with Gasteiger partial charge in [0.25, 0.3) is 0 Å². The molecule has 0 bridgehead atoms. The molecule has 1 rings (SSSR count). The third-order valence-electron chi connectivity index (χ3n) is 2.98. The Balaban J connectivity index is 2.22. The van der Waals surface area contributed by atoms with Crippen molar-refractivity contribution < 1.29 is 4.74 Å². The highest BCUT2D eigenvalue weighted by Gasteiger charge is 2.24. The quantitative estimate of drug-likeness (QED) is 0.664. The van der Waals surface area contributed by atoms with Gasteiger partial charge in [-0.1, -0.05) is 20.3 Å². The van der Waals surface area contributed by atoms with E-state index in [1.807, 2.05) is 0 Å². The van der Waals surface area contributed by atoms with Gasteiger partial charge in [-0.25, -0.2) is 0 Å². The Bertz CT molecular complexity index is 136. The molecule has 0 saturated carbocycles. The number of ether oxygens (including phenoxy) is 1. The molecule has 1 heterocycles. The van der Waals surface area contributed by atoms with Crippen LogP contribution in [0.3, 0.4) is 0 Å². The molecule has 1 fully saturated rings. The number of nitrogens with one attached hydrogen (secondary N) is 1. The fourth-order valence-electron chi connectivity index (χ4n) is 2.20. The first-order valence-electron chi connectivity index (χ1n) is 6.20. The smallest absolute Gasteiger partial charge is 0.0615 e. The van der Waals surface area contributed by atoms with Crippen molar-refractivity contribution in [1.29, 1.82) is 0 Å². The Labute approximate surface area is 88.4 Å². The van der Waals surface area contributed by atoms with Gasteiger partial charge >= 0.3 is 0 Å². The van der Waals surface area contributed by atoms with Crippen molar-refractivity contribution in [2.24, 2.45) is 5.92 Å². The van der Waals surface area contributed by atoms with E-state index in [1.54, 1.807) is 0 Å². The zero-order valence-electron chi connectivity index (χ0n) is 9.72. The summed E-state index contributed by atoms with van der Waals surface area (Å²) in [7, 11) is 0. The average molecular weight is 199 g/mol. The molecule has 0 aliphatic carbocycles. The lowest BCUT2D eigenvalue weighted by Crippen LogP contribution is -2.37. The maximum Gasteiger partial charge on any atom is 0.0615 e. The molecular weight excluding hydrogens is 174 g/mol. The minimum Gasteiger partial charge on any atom is -0.378 e. The second kappa shape index (κ2) is 7.24. The number of hydrogen-bond acceptors (Lipinski definition) is 2. The van der Waals surface area contributed by atoms with Crippen LogP contribution in [0.1, 0.15) is 46.0 Å². The summed E-state index contributed by atoms with van der Waals surface area (Å²) in [4.78, 5) is 0. The van der Waals surface area contributed by atoms with Crippen molar-refractivity contribution in [3.63, 3.8) is 0 Å². The fourth-order valence-corrected chi connectivity index (χ4v) is 2.20. The van der Waals surface area contributed by atoms with Crippen molar-refractivity contribution in [2.45, 2.75) is 52.1 Å². The van der Waals surface area contributed by atoms with E-state index in [9.17, 15) is 0 Å². The highest BCUT2D eigenvalue weighted by atomic mass is 16.5. The lowest BCUT2D eigenvalue weighted by Gasteiger charge is -2.31. The molecule has 1 saturated heterocycles. The van der Waals surface area contributed by atoms with E-state index < -0.39 is 0 Å². The van der Waals surface area contributed by atoms with Crippen LogP contribution in [0.5, 0.6) is 0 Å². The molecule has 1 N–H and O–H groups in total. The van der Waals surface area contributed by atoms with Crippen LogP contribution in [-0.2, 0) is 4.74 Å². The average Bonchev–Trinajstić information content (AvgIpc) is 2.21. The van der Waals surface area contributed by atoms with E-state index in [1.165, 1.54) is 32.1 Å². The van der Waals surface area contributed by atoms with E-state index >= 15 is 0 Å². The monoisotopic (exact) mass is 199 g/mol. The lowest BCUT2D eigenvalue weighted by atomic mass is 9.91. The van der Waals surface area contributed by atoms with Crippen LogP contribution in [0.15, 0.2) is 0 Å². The van der Waals surface area contributed by atoms with Crippen LogP contribution in [0.2, 0.25) is 0 Å². The molecular formula is C12H25NO.